The van der Waals surface area contributed by atoms with Crippen molar-refractivity contribution < 1.29 is 14.7 Å². The van der Waals surface area contributed by atoms with E-state index in [0.29, 0.717) is 24.7 Å². The summed E-state index contributed by atoms with van der Waals surface area (Å²) in [6.45, 7) is 2.81. The van der Waals surface area contributed by atoms with Crippen LogP contribution in [0.5, 0.6) is 0 Å². The number of aliphatic carboxylic acids is 1. The SMILES string of the molecule is CC1CC(C(=O)O)CN(C(=O)Nc2cc(C3CC3)ccn2)C1. The summed E-state index contributed by atoms with van der Waals surface area (Å²) in [5.74, 6) is 0.00868. The first kappa shape index (κ1) is 14.8. The van der Waals surface area contributed by atoms with Crippen LogP contribution in [0, 0.1) is 11.8 Å². The molecule has 1 saturated heterocycles. The highest BCUT2D eigenvalue weighted by atomic mass is 16.4. The zero-order chi connectivity index (χ0) is 15.7. The van der Waals surface area contributed by atoms with Crippen LogP contribution in [0.1, 0.15) is 37.7 Å². The highest BCUT2D eigenvalue weighted by Crippen LogP contribution is 2.40. The summed E-state index contributed by atoms with van der Waals surface area (Å²) < 4.78 is 0. The van der Waals surface area contributed by atoms with Gasteiger partial charge in [0.15, 0.2) is 0 Å². The van der Waals surface area contributed by atoms with E-state index in [-0.39, 0.29) is 18.5 Å². The molecule has 2 amide bonds. The van der Waals surface area contributed by atoms with E-state index in [2.05, 4.69) is 10.3 Å². The van der Waals surface area contributed by atoms with E-state index in [1.165, 1.54) is 18.4 Å². The molecule has 0 aromatic carbocycles. The van der Waals surface area contributed by atoms with Gasteiger partial charge in [-0.25, -0.2) is 9.78 Å². The number of hydrogen-bond donors (Lipinski definition) is 2. The van der Waals surface area contributed by atoms with Gasteiger partial charge in [-0.1, -0.05) is 6.92 Å². The lowest BCUT2D eigenvalue weighted by atomic mass is 9.91. The number of hydrogen-bond acceptors (Lipinski definition) is 3. The lowest BCUT2D eigenvalue weighted by molar-refractivity contribution is -0.143. The predicted molar refractivity (Wildman–Crippen MR) is 81.7 cm³/mol. The Morgan fingerprint density at radius 2 is 2.14 bits per heavy atom. The van der Waals surface area contributed by atoms with E-state index < -0.39 is 11.9 Å². The van der Waals surface area contributed by atoms with Crippen molar-refractivity contribution in [3.05, 3.63) is 23.9 Å². The minimum Gasteiger partial charge on any atom is -0.481 e. The van der Waals surface area contributed by atoms with Crippen molar-refractivity contribution in [2.75, 3.05) is 18.4 Å². The lowest BCUT2D eigenvalue weighted by Crippen LogP contribution is -2.47. The fraction of sp³-hybridized carbons (Fsp3) is 0.562. The molecule has 3 rings (SSSR count). The largest absolute Gasteiger partial charge is 0.481 e. The van der Waals surface area contributed by atoms with E-state index in [1.807, 2.05) is 19.1 Å². The van der Waals surface area contributed by atoms with E-state index in [0.717, 1.165) is 0 Å². The van der Waals surface area contributed by atoms with Crippen molar-refractivity contribution in [2.45, 2.75) is 32.1 Å². The summed E-state index contributed by atoms with van der Waals surface area (Å²) in [7, 11) is 0. The topological polar surface area (TPSA) is 82.5 Å². The fourth-order valence-corrected chi connectivity index (χ4v) is 3.07. The molecule has 22 heavy (non-hydrogen) atoms. The number of aromatic nitrogens is 1. The Morgan fingerprint density at radius 3 is 2.82 bits per heavy atom. The highest BCUT2D eigenvalue weighted by molar-refractivity contribution is 5.89. The summed E-state index contributed by atoms with van der Waals surface area (Å²) in [4.78, 5) is 29.3. The number of carboxylic acids is 1. The number of piperidine rings is 1. The van der Waals surface area contributed by atoms with Crippen LogP contribution >= 0.6 is 0 Å². The third-order valence-electron chi connectivity index (χ3n) is 4.36. The van der Waals surface area contributed by atoms with Gasteiger partial charge < -0.3 is 10.0 Å². The van der Waals surface area contributed by atoms with Gasteiger partial charge in [0, 0.05) is 19.3 Å². The number of carboxylic acid groups (broad SMARTS) is 1. The second-order valence-electron chi connectivity index (χ2n) is 6.46. The summed E-state index contributed by atoms with van der Waals surface area (Å²) in [5, 5.41) is 12.0. The molecule has 2 aliphatic rings. The summed E-state index contributed by atoms with van der Waals surface area (Å²) in [6.07, 6.45) is 4.72. The average molecular weight is 303 g/mol. The number of nitrogens with one attached hydrogen (secondary N) is 1. The van der Waals surface area contributed by atoms with Crippen LogP contribution in [0.25, 0.3) is 0 Å². The van der Waals surface area contributed by atoms with Crippen molar-refractivity contribution >= 4 is 17.8 Å². The molecule has 1 aliphatic heterocycles. The maximum absolute atomic E-state index is 12.4. The van der Waals surface area contributed by atoms with Crippen molar-refractivity contribution in [2.24, 2.45) is 11.8 Å². The standard InChI is InChI=1S/C16H21N3O3/c1-10-6-13(15(20)21)9-19(8-10)16(22)18-14-7-12(4-5-17-14)11-2-3-11/h4-5,7,10-11,13H,2-3,6,8-9H2,1H3,(H,20,21)(H,17,18,22). The van der Waals surface area contributed by atoms with Gasteiger partial charge in [0.1, 0.15) is 5.82 Å². The molecule has 1 aromatic rings. The minimum absolute atomic E-state index is 0.186. The smallest absolute Gasteiger partial charge is 0.323 e. The molecule has 1 saturated carbocycles. The van der Waals surface area contributed by atoms with Gasteiger partial charge in [-0.05, 0) is 48.8 Å². The summed E-state index contributed by atoms with van der Waals surface area (Å²) in [5.41, 5.74) is 1.21. The van der Waals surface area contributed by atoms with Crippen molar-refractivity contribution in [3.63, 3.8) is 0 Å². The third kappa shape index (κ3) is 3.37. The molecule has 0 bridgehead atoms. The molecular formula is C16H21N3O3. The second kappa shape index (κ2) is 5.94. The molecule has 0 spiro atoms. The van der Waals surface area contributed by atoms with Gasteiger partial charge >= 0.3 is 12.0 Å². The Kier molecular flexibility index (Phi) is 4.00. The molecule has 2 N–H and O–H groups in total. The highest BCUT2D eigenvalue weighted by Gasteiger charge is 2.32. The fourth-order valence-electron chi connectivity index (χ4n) is 3.07. The molecular weight excluding hydrogens is 282 g/mol. The molecule has 2 heterocycles. The van der Waals surface area contributed by atoms with Crippen LogP contribution in [-0.4, -0.2) is 40.1 Å². The molecule has 2 atom stereocenters. The Hall–Kier alpha value is -2.11. The molecule has 1 aromatic heterocycles. The number of carbonyl (C=O) groups is 2. The molecule has 6 nitrogen and oxygen atoms in total. The van der Waals surface area contributed by atoms with Crippen LogP contribution < -0.4 is 5.32 Å². The lowest BCUT2D eigenvalue weighted by Gasteiger charge is -2.34. The minimum atomic E-state index is -0.835. The quantitative estimate of drug-likeness (QED) is 0.899. The zero-order valence-electron chi connectivity index (χ0n) is 12.7. The van der Waals surface area contributed by atoms with Gasteiger partial charge in [-0.3, -0.25) is 10.1 Å². The molecule has 2 fully saturated rings. The Morgan fingerprint density at radius 1 is 1.36 bits per heavy atom. The van der Waals surface area contributed by atoms with E-state index in [4.69, 9.17) is 0 Å². The van der Waals surface area contributed by atoms with Crippen LogP contribution in [-0.2, 0) is 4.79 Å². The first-order valence-electron chi connectivity index (χ1n) is 7.77. The molecule has 118 valence electrons. The van der Waals surface area contributed by atoms with Crippen LogP contribution in [0.3, 0.4) is 0 Å². The van der Waals surface area contributed by atoms with Crippen LogP contribution in [0.2, 0.25) is 0 Å². The average Bonchev–Trinajstić information content (AvgIpc) is 3.31. The van der Waals surface area contributed by atoms with Gasteiger partial charge in [0.25, 0.3) is 0 Å². The molecule has 6 heteroatoms. The Labute approximate surface area is 129 Å². The first-order valence-corrected chi connectivity index (χ1v) is 7.77. The van der Waals surface area contributed by atoms with Crippen molar-refractivity contribution in [1.82, 2.24) is 9.88 Å². The molecule has 1 aliphatic carbocycles. The Bertz CT molecular complexity index is 586. The maximum atomic E-state index is 12.4. The Balaban J connectivity index is 1.65. The summed E-state index contributed by atoms with van der Waals surface area (Å²) in [6, 6.07) is 3.63. The van der Waals surface area contributed by atoms with Crippen LogP contribution in [0.15, 0.2) is 18.3 Å². The number of pyridine rings is 1. The number of likely N-dealkylation sites (tertiary alicyclic amines) is 1. The van der Waals surface area contributed by atoms with E-state index >= 15 is 0 Å². The first-order chi connectivity index (χ1) is 10.5. The predicted octanol–water partition coefficient (Wildman–Crippen LogP) is 2.53. The van der Waals surface area contributed by atoms with Gasteiger partial charge in [0.2, 0.25) is 0 Å². The summed E-state index contributed by atoms with van der Waals surface area (Å²) >= 11 is 0. The monoisotopic (exact) mass is 303 g/mol. The number of carbonyl (C=O) groups excluding carboxylic acids is 1. The van der Waals surface area contributed by atoms with E-state index in [1.54, 1.807) is 11.1 Å². The van der Waals surface area contributed by atoms with Crippen molar-refractivity contribution in [3.8, 4) is 0 Å². The molecule has 0 radical (unpaired) electrons. The third-order valence-corrected chi connectivity index (χ3v) is 4.36. The van der Waals surface area contributed by atoms with Gasteiger partial charge in [-0.15, -0.1) is 0 Å². The normalized spacial score (nSPS) is 24.9. The zero-order valence-corrected chi connectivity index (χ0v) is 12.7. The number of nitrogens with zero attached hydrogens (tertiary/aromatic N) is 2. The number of urea groups is 1. The number of amides is 2. The van der Waals surface area contributed by atoms with Crippen molar-refractivity contribution in [1.29, 1.82) is 0 Å². The number of rotatable bonds is 3. The van der Waals surface area contributed by atoms with E-state index in [9.17, 15) is 14.7 Å². The maximum Gasteiger partial charge on any atom is 0.323 e. The second-order valence-corrected chi connectivity index (χ2v) is 6.46. The van der Waals surface area contributed by atoms with Crippen LogP contribution in [0.4, 0.5) is 10.6 Å². The number of anilines is 1. The molecule has 2 unspecified atom stereocenters. The van der Waals surface area contributed by atoms with Gasteiger partial charge in [0.05, 0.1) is 5.92 Å². The van der Waals surface area contributed by atoms with Gasteiger partial charge in [-0.2, -0.15) is 0 Å².